The zero-order chi connectivity index (χ0) is 35.5. The molecule has 0 aromatic heterocycles. The van der Waals surface area contributed by atoms with Gasteiger partial charge in [0.1, 0.15) is 6.04 Å². The lowest BCUT2D eigenvalue weighted by molar-refractivity contribution is -0.131. The van der Waals surface area contributed by atoms with Gasteiger partial charge in [-0.05, 0) is 82.5 Å². The normalized spacial score (nSPS) is 13.2. The van der Waals surface area contributed by atoms with E-state index < -0.39 is 12.1 Å². The fourth-order valence-corrected chi connectivity index (χ4v) is 5.42. The summed E-state index contributed by atoms with van der Waals surface area (Å²) in [6.45, 7) is 15.7. The lowest BCUT2D eigenvalue weighted by Gasteiger charge is -2.22. The molecular weight excluding hydrogens is 592 g/mol. The van der Waals surface area contributed by atoms with Crippen LogP contribution in [0.15, 0.2) is 0 Å². The second kappa shape index (κ2) is 28.6. The number of nitrogens with one attached hydrogen (secondary N) is 4. The summed E-state index contributed by atoms with van der Waals surface area (Å²) >= 11 is 0. The Labute approximate surface area is 287 Å². The average Bonchev–Trinajstić information content (AvgIpc) is 3.01. The molecule has 274 valence electrons. The number of rotatable bonds is 30. The summed E-state index contributed by atoms with van der Waals surface area (Å²) in [5.74, 6) is 1.43. The summed E-state index contributed by atoms with van der Waals surface area (Å²) in [6, 6.07) is -1.38. The van der Waals surface area contributed by atoms with Crippen molar-refractivity contribution in [1.29, 1.82) is 0 Å². The molecule has 3 unspecified atom stereocenters. The highest BCUT2D eigenvalue weighted by molar-refractivity contribution is 5.92. The van der Waals surface area contributed by atoms with Gasteiger partial charge in [0, 0.05) is 32.4 Å². The maximum absolute atomic E-state index is 13.4. The van der Waals surface area contributed by atoms with Crippen molar-refractivity contribution in [3.63, 3.8) is 0 Å². The minimum atomic E-state index is -0.736. The highest BCUT2D eigenvalue weighted by atomic mass is 16.2. The number of unbranched alkanes of at least 4 members (excludes halogenated alkanes) is 5. The second-order valence-corrected chi connectivity index (χ2v) is 14.5. The average molecular weight is 665 g/mol. The van der Waals surface area contributed by atoms with Crippen LogP contribution in [-0.4, -0.2) is 54.6 Å². The maximum Gasteiger partial charge on any atom is 0.243 e. The lowest BCUT2D eigenvalue weighted by Crippen LogP contribution is -2.51. The minimum Gasteiger partial charge on any atom is -0.356 e. The van der Waals surface area contributed by atoms with Crippen molar-refractivity contribution in [2.24, 2.45) is 17.8 Å². The monoisotopic (exact) mass is 665 g/mol. The fraction of sp³-hybridized carbons (Fsp3) is 0.868. The third-order valence-corrected chi connectivity index (χ3v) is 8.86. The summed E-state index contributed by atoms with van der Waals surface area (Å²) in [5, 5.41) is 11.7. The van der Waals surface area contributed by atoms with Crippen LogP contribution in [0.1, 0.15) is 170 Å². The molecule has 0 radical (unpaired) electrons. The molecule has 4 amide bonds. The third kappa shape index (κ3) is 27.2. The highest BCUT2D eigenvalue weighted by Gasteiger charge is 2.25. The topological polar surface area (TPSA) is 133 Å². The van der Waals surface area contributed by atoms with E-state index >= 15 is 0 Å². The van der Waals surface area contributed by atoms with Gasteiger partial charge < -0.3 is 21.3 Å². The van der Waals surface area contributed by atoms with Crippen LogP contribution in [0.2, 0.25) is 0 Å². The molecule has 0 heterocycles. The molecule has 0 bridgehead atoms. The molecule has 0 spiro atoms. The van der Waals surface area contributed by atoms with E-state index in [9.17, 15) is 24.0 Å². The number of Topliss-reactive ketones (excluding diaryl/α,β-unsaturated/α-hetero) is 1. The SMILES string of the molecule is CCC(C)CCCCC(=O)NC(CCCCNC(=O)CCCCC(C)C)C(=O)NC(CCCCNC(=O)CCCCC(C)C)C(C)=O. The molecule has 9 heteroatoms. The van der Waals surface area contributed by atoms with E-state index in [0.29, 0.717) is 82.2 Å². The number of carbonyl (C=O) groups is 5. The van der Waals surface area contributed by atoms with Gasteiger partial charge in [0.2, 0.25) is 23.6 Å². The van der Waals surface area contributed by atoms with Crippen molar-refractivity contribution >= 4 is 29.4 Å². The number of hydrogen-bond donors (Lipinski definition) is 4. The molecule has 3 atom stereocenters. The molecule has 0 fully saturated rings. The predicted molar refractivity (Wildman–Crippen MR) is 193 cm³/mol. The number of hydrogen-bond acceptors (Lipinski definition) is 5. The zero-order valence-electron chi connectivity index (χ0n) is 31.3. The number of amides is 4. The largest absolute Gasteiger partial charge is 0.356 e. The van der Waals surface area contributed by atoms with Crippen LogP contribution in [-0.2, 0) is 24.0 Å². The molecule has 0 aliphatic rings. The van der Waals surface area contributed by atoms with E-state index in [0.717, 1.165) is 70.6 Å². The van der Waals surface area contributed by atoms with E-state index in [2.05, 4.69) is 62.8 Å². The Hall–Kier alpha value is -2.45. The lowest BCUT2D eigenvalue weighted by atomic mass is 10.0. The van der Waals surface area contributed by atoms with Crippen LogP contribution in [0.5, 0.6) is 0 Å². The van der Waals surface area contributed by atoms with Gasteiger partial charge in [-0.1, -0.05) is 86.5 Å². The molecule has 4 N–H and O–H groups in total. The van der Waals surface area contributed by atoms with Gasteiger partial charge in [-0.25, -0.2) is 0 Å². The Morgan fingerprint density at radius 2 is 0.915 bits per heavy atom. The van der Waals surface area contributed by atoms with Gasteiger partial charge >= 0.3 is 0 Å². The third-order valence-electron chi connectivity index (χ3n) is 8.86. The molecule has 0 rings (SSSR count). The van der Waals surface area contributed by atoms with E-state index in [4.69, 9.17) is 0 Å². The van der Waals surface area contributed by atoms with E-state index in [1.54, 1.807) is 0 Å². The van der Waals surface area contributed by atoms with Crippen molar-refractivity contribution in [2.75, 3.05) is 13.1 Å². The Balaban J connectivity index is 4.82. The van der Waals surface area contributed by atoms with Crippen LogP contribution < -0.4 is 21.3 Å². The quantitative estimate of drug-likeness (QED) is 0.0605. The fourth-order valence-electron chi connectivity index (χ4n) is 5.42. The summed E-state index contributed by atoms with van der Waals surface area (Å²) in [6.07, 6.45) is 15.2. The molecule has 0 aromatic rings. The van der Waals surface area contributed by atoms with E-state index in [1.165, 1.54) is 6.92 Å². The van der Waals surface area contributed by atoms with Gasteiger partial charge in [0.05, 0.1) is 6.04 Å². The first-order chi connectivity index (χ1) is 22.3. The van der Waals surface area contributed by atoms with Crippen molar-refractivity contribution in [3.05, 3.63) is 0 Å². The first-order valence-electron chi connectivity index (χ1n) is 19.0. The van der Waals surface area contributed by atoms with Crippen LogP contribution in [0, 0.1) is 17.8 Å². The summed E-state index contributed by atoms with van der Waals surface area (Å²) in [7, 11) is 0. The van der Waals surface area contributed by atoms with Crippen molar-refractivity contribution in [1.82, 2.24) is 21.3 Å². The van der Waals surface area contributed by atoms with Gasteiger partial charge in [-0.15, -0.1) is 0 Å². The Kier molecular flexibility index (Phi) is 27.1. The molecule has 0 saturated heterocycles. The van der Waals surface area contributed by atoms with Crippen molar-refractivity contribution in [3.8, 4) is 0 Å². The molecular formula is C38H72N4O5. The van der Waals surface area contributed by atoms with Gasteiger partial charge in [0.15, 0.2) is 5.78 Å². The van der Waals surface area contributed by atoms with Crippen molar-refractivity contribution < 1.29 is 24.0 Å². The Morgan fingerprint density at radius 3 is 1.36 bits per heavy atom. The second-order valence-electron chi connectivity index (χ2n) is 14.5. The maximum atomic E-state index is 13.4. The number of carbonyl (C=O) groups excluding carboxylic acids is 5. The number of ketones is 1. The first kappa shape index (κ1) is 44.5. The van der Waals surface area contributed by atoms with Crippen LogP contribution in [0.3, 0.4) is 0 Å². The molecule has 0 aromatic carbocycles. The van der Waals surface area contributed by atoms with Gasteiger partial charge in [-0.2, -0.15) is 0 Å². The minimum absolute atomic E-state index is 0.0549. The molecule has 0 aliphatic heterocycles. The van der Waals surface area contributed by atoms with Gasteiger partial charge in [-0.3, -0.25) is 24.0 Å². The predicted octanol–water partition coefficient (Wildman–Crippen LogP) is 7.16. The molecule has 0 saturated carbocycles. The molecule has 0 aliphatic carbocycles. The van der Waals surface area contributed by atoms with Crippen LogP contribution >= 0.6 is 0 Å². The highest BCUT2D eigenvalue weighted by Crippen LogP contribution is 2.13. The smallest absolute Gasteiger partial charge is 0.243 e. The van der Waals surface area contributed by atoms with Gasteiger partial charge in [0.25, 0.3) is 0 Å². The van der Waals surface area contributed by atoms with Crippen LogP contribution in [0.4, 0.5) is 0 Å². The summed E-state index contributed by atoms with van der Waals surface area (Å²) in [5.41, 5.74) is 0. The summed E-state index contributed by atoms with van der Waals surface area (Å²) < 4.78 is 0. The first-order valence-corrected chi connectivity index (χ1v) is 19.0. The Bertz CT molecular complexity index is 876. The van der Waals surface area contributed by atoms with E-state index in [-0.39, 0.29) is 29.4 Å². The molecule has 9 nitrogen and oxygen atoms in total. The zero-order valence-corrected chi connectivity index (χ0v) is 31.3. The van der Waals surface area contributed by atoms with Crippen LogP contribution in [0.25, 0.3) is 0 Å². The summed E-state index contributed by atoms with van der Waals surface area (Å²) in [4.78, 5) is 62.8. The standard InChI is InChI=1S/C38H72N4O5/c1-8-31(6)21-11-14-26-37(46)41-34(23-16-18-28-40-36(45)25-13-10-20-30(4)5)38(47)42-33(32(7)43)22-15-17-27-39-35(44)24-12-9-19-29(2)3/h29-31,33-34H,8-28H2,1-7H3,(H,39,44)(H,40,45)(H,41,46)(H,42,47). The van der Waals surface area contributed by atoms with E-state index in [1.807, 2.05) is 0 Å². The van der Waals surface area contributed by atoms with Crippen molar-refractivity contribution in [2.45, 2.75) is 183 Å². The molecule has 47 heavy (non-hydrogen) atoms. The Morgan fingerprint density at radius 1 is 0.489 bits per heavy atom.